The molecule has 0 bridgehead atoms. The molecule has 4 heterocycles. The Hall–Kier alpha value is -2.01. The van der Waals surface area contributed by atoms with Crippen molar-refractivity contribution in [3.8, 4) is 11.4 Å². The third-order valence-corrected chi connectivity index (χ3v) is 6.12. The summed E-state index contributed by atoms with van der Waals surface area (Å²) in [5.74, 6) is 1.88. The van der Waals surface area contributed by atoms with E-state index in [4.69, 9.17) is 9.97 Å². The normalized spacial score (nSPS) is 22.1. The molecule has 26 heavy (non-hydrogen) atoms. The lowest BCUT2D eigenvalue weighted by Gasteiger charge is -2.39. The Bertz CT molecular complexity index is 752. The van der Waals surface area contributed by atoms with Gasteiger partial charge in [0.2, 0.25) is 0 Å². The zero-order valence-electron chi connectivity index (χ0n) is 16.1. The molecule has 0 spiro atoms. The first kappa shape index (κ1) is 17.4. The van der Waals surface area contributed by atoms with Crippen LogP contribution in [-0.2, 0) is 0 Å². The molecule has 5 heteroatoms. The molecular weight excluding hydrogens is 322 g/mol. The summed E-state index contributed by atoms with van der Waals surface area (Å²) < 4.78 is 0. The molecule has 0 N–H and O–H groups in total. The summed E-state index contributed by atoms with van der Waals surface area (Å²) >= 11 is 0. The third-order valence-electron chi connectivity index (χ3n) is 6.12. The van der Waals surface area contributed by atoms with Gasteiger partial charge in [-0.05, 0) is 65.1 Å². The summed E-state index contributed by atoms with van der Waals surface area (Å²) in [5.41, 5.74) is 3.24. The zero-order valence-corrected chi connectivity index (χ0v) is 16.1. The van der Waals surface area contributed by atoms with Gasteiger partial charge in [-0.25, -0.2) is 9.97 Å². The summed E-state index contributed by atoms with van der Waals surface area (Å²) in [4.78, 5) is 19.0. The van der Waals surface area contributed by atoms with Gasteiger partial charge in [-0.15, -0.1) is 0 Å². The van der Waals surface area contributed by atoms with Crippen LogP contribution in [0.15, 0.2) is 24.5 Å². The molecule has 2 saturated heterocycles. The van der Waals surface area contributed by atoms with Crippen LogP contribution >= 0.6 is 0 Å². The molecule has 138 valence electrons. The number of anilines is 1. The van der Waals surface area contributed by atoms with Crippen molar-refractivity contribution < 1.29 is 0 Å². The second-order valence-corrected chi connectivity index (χ2v) is 7.77. The molecule has 2 aliphatic heterocycles. The minimum atomic E-state index is 0.741. The van der Waals surface area contributed by atoms with Crippen LogP contribution in [0.1, 0.15) is 43.9 Å². The van der Waals surface area contributed by atoms with Gasteiger partial charge in [0.25, 0.3) is 0 Å². The number of aryl methyl sites for hydroxylation is 1. The quantitative estimate of drug-likeness (QED) is 0.845. The number of piperidine rings is 1. The predicted molar refractivity (Wildman–Crippen MR) is 105 cm³/mol. The number of hydrogen-bond acceptors (Lipinski definition) is 5. The van der Waals surface area contributed by atoms with Crippen molar-refractivity contribution in [1.82, 2.24) is 19.9 Å². The van der Waals surface area contributed by atoms with Crippen molar-refractivity contribution >= 4 is 5.82 Å². The summed E-state index contributed by atoms with van der Waals surface area (Å²) in [6.45, 7) is 10.1. The van der Waals surface area contributed by atoms with E-state index in [0.717, 1.165) is 48.1 Å². The van der Waals surface area contributed by atoms with Crippen molar-refractivity contribution in [1.29, 1.82) is 0 Å². The lowest BCUT2D eigenvalue weighted by molar-refractivity contribution is 0.163. The highest BCUT2D eigenvalue weighted by Crippen LogP contribution is 2.30. The fourth-order valence-corrected chi connectivity index (χ4v) is 4.45. The monoisotopic (exact) mass is 351 g/mol. The second kappa shape index (κ2) is 7.31. The van der Waals surface area contributed by atoms with E-state index >= 15 is 0 Å². The first-order valence-corrected chi connectivity index (χ1v) is 9.90. The van der Waals surface area contributed by atoms with Crippen LogP contribution in [0.5, 0.6) is 0 Å². The molecular formula is C21H29N5. The van der Waals surface area contributed by atoms with E-state index in [1.165, 1.54) is 37.8 Å². The van der Waals surface area contributed by atoms with E-state index in [-0.39, 0.29) is 0 Å². The first-order valence-electron chi connectivity index (χ1n) is 9.90. The SMILES string of the molecule is Cc1nc(-c2cccnc2)nc(N2CCC(N3CCCC3C)CC2)c1C. The Kier molecular flexibility index (Phi) is 4.90. The van der Waals surface area contributed by atoms with E-state index < -0.39 is 0 Å². The summed E-state index contributed by atoms with van der Waals surface area (Å²) in [6.07, 6.45) is 8.81. The van der Waals surface area contributed by atoms with Gasteiger partial charge in [-0.3, -0.25) is 9.88 Å². The fraction of sp³-hybridized carbons (Fsp3) is 0.571. The predicted octanol–water partition coefficient (Wildman–Crippen LogP) is 3.61. The number of aromatic nitrogens is 3. The van der Waals surface area contributed by atoms with E-state index in [0.29, 0.717) is 0 Å². The van der Waals surface area contributed by atoms with Gasteiger partial charge in [-0.2, -0.15) is 0 Å². The smallest absolute Gasteiger partial charge is 0.163 e. The number of nitrogens with zero attached hydrogens (tertiary/aromatic N) is 5. The Morgan fingerprint density at radius 1 is 1.04 bits per heavy atom. The van der Waals surface area contributed by atoms with Gasteiger partial charge in [0.1, 0.15) is 5.82 Å². The molecule has 0 radical (unpaired) electrons. The van der Waals surface area contributed by atoms with E-state index in [2.05, 4.69) is 35.6 Å². The van der Waals surface area contributed by atoms with Crippen LogP contribution in [0.2, 0.25) is 0 Å². The van der Waals surface area contributed by atoms with Crippen molar-refractivity contribution in [3.05, 3.63) is 35.8 Å². The first-order chi connectivity index (χ1) is 12.6. The third kappa shape index (κ3) is 3.32. The zero-order chi connectivity index (χ0) is 18.1. The minimum Gasteiger partial charge on any atom is -0.356 e. The molecule has 2 aliphatic rings. The van der Waals surface area contributed by atoms with Crippen molar-refractivity contribution in [2.45, 2.75) is 58.5 Å². The Morgan fingerprint density at radius 3 is 2.50 bits per heavy atom. The maximum Gasteiger partial charge on any atom is 0.163 e. The molecule has 2 aromatic heterocycles. The topological polar surface area (TPSA) is 45.2 Å². The fourth-order valence-electron chi connectivity index (χ4n) is 4.45. The molecule has 0 amide bonds. The van der Waals surface area contributed by atoms with Gasteiger partial charge in [-0.1, -0.05) is 0 Å². The Morgan fingerprint density at radius 2 is 1.85 bits per heavy atom. The van der Waals surface area contributed by atoms with Crippen LogP contribution in [0, 0.1) is 13.8 Å². The summed E-state index contributed by atoms with van der Waals surface area (Å²) in [5, 5.41) is 0. The van der Waals surface area contributed by atoms with Gasteiger partial charge in [0.15, 0.2) is 5.82 Å². The van der Waals surface area contributed by atoms with E-state index in [1.54, 1.807) is 6.20 Å². The molecule has 1 unspecified atom stereocenters. The van der Waals surface area contributed by atoms with Gasteiger partial charge in [0.05, 0.1) is 0 Å². The minimum absolute atomic E-state index is 0.741. The van der Waals surface area contributed by atoms with Crippen LogP contribution in [0.3, 0.4) is 0 Å². The van der Waals surface area contributed by atoms with E-state index in [1.807, 2.05) is 18.3 Å². The molecule has 0 aromatic carbocycles. The van der Waals surface area contributed by atoms with Crippen LogP contribution in [-0.4, -0.2) is 51.6 Å². The van der Waals surface area contributed by atoms with Crippen molar-refractivity contribution in [2.75, 3.05) is 24.5 Å². The maximum atomic E-state index is 4.93. The molecule has 0 aliphatic carbocycles. The lowest BCUT2D eigenvalue weighted by atomic mass is 10.0. The number of rotatable bonds is 3. The second-order valence-electron chi connectivity index (χ2n) is 7.77. The van der Waals surface area contributed by atoms with E-state index in [9.17, 15) is 0 Å². The molecule has 2 aromatic rings. The average molecular weight is 351 g/mol. The van der Waals surface area contributed by atoms with Crippen LogP contribution in [0.4, 0.5) is 5.82 Å². The molecule has 4 rings (SSSR count). The highest BCUT2D eigenvalue weighted by atomic mass is 15.3. The molecule has 0 saturated carbocycles. The maximum absolute atomic E-state index is 4.93. The van der Waals surface area contributed by atoms with Gasteiger partial charge < -0.3 is 4.90 Å². The average Bonchev–Trinajstić information content (AvgIpc) is 3.11. The highest BCUT2D eigenvalue weighted by Gasteiger charge is 2.31. The Labute approximate surface area is 156 Å². The standard InChI is InChI=1S/C21H29N5/c1-15-6-5-11-26(15)19-8-12-25(13-9-19)21-16(2)17(3)23-20(24-21)18-7-4-10-22-14-18/h4,7,10,14-15,19H,5-6,8-9,11-13H2,1-3H3. The summed E-state index contributed by atoms with van der Waals surface area (Å²) in [6, 6.07) is 5.47. The van der Waals surface area contributed by atoms with Crippen molar-refractivity contribution in [2.24, 2.45) is 0 Å². The number of likely N-dealkylation sites (tertiary alicyclic amines) is 1. The lowest BCUT2D eigenvalue weighted by Crippen LogP contribution is -2.46. The van der Waals surface area contributed by atoms with Crippen LogP contribution in [0.25, 0.3) is 11.4 Å². The molecule has 2 fully saturated rings. The number of pyridine rings is 1. The Balaban J connectivity index is 1.54. The highest BCUT2D eigenvalue weighted by molar-refractivity contribution is 5.59. The summed E-state index contributed by atoms with van der Waals surface area (Å²) in [7, 11) is 0. The van der Waals surface area contributed by atoms with Gasteiger partial charge >= 0.3 is 0 Å². The van der Waals surface area contributed by atoms with Gasteiger partial charge in [0, 0.05) is 54.4 Å². The molecule has 5 nitrogen and oxygen atoms in total. The molecule has 1 atom stereocenters. The number of hydrogen-bond donors (Lipinski definition) is 0. The van der Waals surface area contributed by atoms with Crippen molar-refractivity contribution in [3.63, 3.8) is 0 Å². The largest absolute Gasteiger partial charge is 0.356 e. The van der Waals surface area contributed by atoms with Crippen LogP contribution < -0.4 is 4.90 Å².